The van der Waals surface area contributed by atoms with Crippen LogP contribution >= 0.6 is 0 Å². The van der Waals surface area contributed by atoms with Crippen LogP contribution in [0.3, 0.4) is 0 Å². The molecule has 166 valence electrons. The van der Waals surface area contributed by atoms with Crippen molar-refractivity contribution in [2.75, 3.05) is 44.4 Å². The molecule has 0 aromatic heterocycles. The lowest BCUT2D eigenvalue weighted by atomic mass is 10.2. The number of hydrogen-bond donors (Lipinski definition) is 0. The van der Waals surface area contributed by atoms with E-state index in [-0.39, 0.29) is 23.9 Å². The Morgan fingerprint density at radius 1 is 1.13 bits per heavy atom. The quantitative estimate of drug-likeness (QED) is 0.641. The Bertz CT molecular complexity index is 751. The van der Waals surface area contributed by atoms with Crippen LogP contribution in [0.25, 0.3) is 0 Å². The molecule has 1 amide bonds. The molecule has 3 rings (SSSR count). The maximum absolute atomic E-state index is 12.8. The van der Waals surface area contributed by atoms with Crippen LogP contribution < -0.4 is 9.64 Å². The van der Waals surface area contributed by atoms with E-state index < -0.39 is 37.9 Å². The summed E-state index contributed by atoms with van der Waals surface area (Å²) in [6.45, 7) is -0.400. The summed E-state index contributed by atoms with van der Waals surface area (Å²) < 4.78 is 77.2. The summed E-state index contributed by atoms with van der Waals surface area (Å²) in [6, 6.07) is 4.87. The van der Waals surface area contributed by atoms with E-state index in [0.717, 1.165) is 4.90 Å². The number of aliphatic imine (C=N–C) groups is 1. The van der Waals surface area contributed by atoms with Gasteiger partial charge in [0.15, 0.2) is 13.2 Å². The van der Waals surface area contributed by atoms with Gasteiger partial charge in [0.05, 0.1) is 25.3 Å². The molecule has 2 aliphatic heterocycles. The van der Waals surface area contributed by atoms with E-state index in [2.05, 4.69) is 9.73 Å². The topological polar surface area (TPSA) is 63.6 Å². The van der Waals surface area contributed by atoms with Crippen LogP contribution in [0.5, 0.6) is 5.75 Å². The van der Waals surface area contributed by atoms with Crippen LogP contribution in [0.2, 0.25) is 0 Å². The number of amides is 1. The number of amidine groups is 1. The highest BCUT2D eigenvalue weighted by Crippen LogP contribution is 2.27. The number of alkyl halides is 5. The number of carbonyl (C=O) groups is 1. The lowest BCUT2D eigenvalue weighted by Crippen LogP contribution is -2.51. The van der Waals surface area contributed by atoms with Crippen LogP contribution in [-0.2, 0) is 14.3 Å². The minimum Gasteiger partial charge on any atom is -0.484 e. The first-order chi connectivity index (χ1) is 14.2. The number of rotatable bonds is 6. The van der Waals surface area contributed by atoms with E-state index in [1.165, 1.54) is 24.3 Å². The van der Waals surface area contributed by atoms with Crippen molar-refractivity contribution in [1.82, 2.24) is 4.90 Å². The molecule has 0 bridgehead atoms. The van der Waals surface area contributed by atoms with Gasteiger partial charge in [-0.2, -0.15) is 13.2 Å². The number of carbonyl (C=O) groups excluding carboxylic acids is 1. The lowest BCUT2D eigenvalue weighted by Gasteiger charge is -2.37. The highest BCUT2D eigenvalue weighted by Gasteiger charge is 2.35. The third-order valence-electron chi connectivity index (χ3n) is 4.36. The van der Waals surface area contributed by atoms with Crippen molar-refractivity contribution in [2.24, 2.45) is 4.99 Å². The number of nitrogens with zero attached hydrogens (tertiary/aromatic N) is 3. The van der Waals surface area contributed by atoms with E-state index >= 15 is 0 Å². The molecule has 1 atom stereocenters. The summed E-state index contributed by atoms with van der Waals surface area (Å²) in [7, 11) is 0. The minimum absolute atomic E-state index is 0.00609. The molecular weight excluding hydrogens is 417 g/mol. The zero-order chi connectivity index (χ0) is 21.7. The smallest absolute Gasteiger partial charge is 0.422 e. The van der Waals surface area contributed by atoms with Gasteiger partial charge in [0.1, 0.15) is 11.9 Å². The minimum atomic E-state index is -4.49. The Labute approximate surface area is 169 Å². The van der Waals surface area contributed by atoms with Crippen molar-refractivity contribution >= 4 is 17.6 Å². The van der Waals surface area contributed by atoms with Gasteiger partial charge in [-0.05, 0) is 24.3 Å². The molecule has 12 heteroatoms. The monoisotopic (exact) mass is 437 g/mol. The molecule has 0 aliphatic carbocycles. The third-order valence-corrected chi connectivity index (χ3v) is 4.36. The molecule has 1 aromatic carbocycles. The van der Waals surface area contributed by atoms with Gasteiger partial charge in [-0.25, -0.2) is 18.7 Å². The van der Waals surface area contributed by atoms with Gasteiger partial charge in [0.25, 0.3) is 6.43 Å². The SMILES string of the molecule is O=C1CC(N2CCOCC2)N=C(OCC(F)F)N1c1ccc(OCC(F)(F)F)cc1. The van der Waals surface area contributed by atoms with Crippen LogP contribution in [0, 0.1) is 0 Å². The summed E-state index contributed by atoms with van der Waals surface area (Å²) in [5.41, 5.74) is 0.216. The first kappa shape index (κ1) is 22.2. The van der Waals surface area contributed by atoms with Crippen molar-refractivity contribution in [3.05, 3.63) is 24.3 Å². The average molecular weight is 437 g/mol. The highest BCUT2D eigenvalue weighted by atomic mass is 19.4. The summed E-state index contributed by atoms with van der Waals surface area (Å²) in [5, 5.41) is 0. The van der Waals surface area contributed by atoms with Crippen molar-refractivity contribution < 1.29 is 41.0 Å². The van der Waals surface area contributed by atoms with Gasteiger partial charge in [-0.15, -0.1) is 0 Å². The van der Waals surface area contributed by atoms with E-state index in [9.17, 15) is 26.7 Å². The number of anilines is 1. The number of ether oxygens (including phenoxy) is 3. The highest BCUT2D eigenvalue weighted by molar-refractivity contribution is 6.15. The molecule has 1 saturated heterocycles. The maximum atomic E-state index is 12.8. The maximum Gasteiger partial charge on any atom is 0.422 e. The largest absolute Gasteiger partial charge is 0.484 e. The van der Waals surface area contributed by atoms with Gasteiger partial charge in [0.2, 0.25) is 5.91 Å². The van der Waals surface area contributed by atoms with Crippen molar-refractivity contribution in [2.45, 2.75) is 25.2 Å². The third kappa shape index (κ3) is 6.02. The van der Waals surface area contributed by atoms with Crippen LogP contribution in [-0.4, -0.2) is 75.1 Å². The number of benzene rings is 1. The van der Waals surface area contributed by atoms with Gasteiger partial charge < -0.3 is 14.2 Å². The van der Waals surface area contributed by atoms with E-state index in [0.29, 0.717) is 26.3 Å². The number of hydrogen-bond acceptors (Lipinski definition) is 6. The molecule has 1 fully saturated rings. The van der Waals surface area contributed by atoms with Gasteiger partial charge >= 0.3 is 12.2 Å². The molecule has 1 aromatic rings. The van der Waals surface area contributed by atoms with Crippen molar-refractivity contribution in [3.8, 4) is 5.75 Å². The summed E-state index contributed by atoms with van der Waals surface area (Å²) in [6.07, 6.45) is -7.83. The van der Waals surface area contributed by atoms with Crippen LogP contribution in [0.15, 0.2) is 29.3 Å². The predicted octanol–water partition coefficient (Wildman–Crippen LogP) is 2.66. The summed E-state index contributed by atoms with van der Waals surface area (Å²) in [5.74, 6) is -0.492. The standard InChI is InChI=1S/C18H20F5N3O4/c19-14(20)10-29-17-24-15(25-5-7-28-8-6-25)9-16(27)26(17)12-1-3-13(4-2-12)30-11-18(21,22)23/h1-4,14-15H,5-11H2. The predicted molar refractivity (Wildman–Crippen MR) is 95.7 cm³/mol. The van der Waals surface area contributed by atoms with Crippen LogP contribution in [0.1, 0.15) is 6.42 Å². The fraction of sp³-hybridized carbons (Fsp3) is 0.556. The molecule has 2 aliphatic rings. The summed E-state index contributed by atoms with van der Waals surface area (Å²) in [4.78, 5) is 20.1. The Morgan fingerprint density at radius 2 is 1.80 bits per heavy atom. The lowest BCUT2D eigenvalue weighted by molar-refractivity contribution is -0.153. The van der Waals surface area contributed by atoms with E-state index in [4.69, 9.17) is 9.47 Å². The van der Waals surface area contributed by atoms with Crippen LogP contribution in [0.4, 0.5) is 27.6 Å². The number of morpholine rings is 1. The zero-order valence-corrected chi connectivity index (χ0v) is 15.8. The first-order valence-corrected chi connectivity index (χ1v) is 9.16. The molecule has 1 unspecified atom stereocenters. The van der Waals surface area contributed by atoms with Crippen molar-refractivity contribution in [3.63, 3.8) is 0 Å². The molecule has 30 heavy (non-hydrogen) atoms. The van der Waals surface area contributed by atoms with Gasteiger partial charge in [0, 0.05) is 13.1 Å². The second-order valence-corrected chi connectivity index (χ2v) is 6.57. The number of halogens is 5. The van der Waals surface area contributed by atoms with Crippen molar-refractivity contribution in [1.29, 1.82) is 0 Å². The fourth-order valence-corrected chi connectivity index (χ4v) is 3.02. The Kier molecular flexibility index (Phi) is 7.08. The summed E-state index contributed by atoms with van der Waals surface area (Å²) >= 11 is 0. The molecule has 0 N–H and O–H groups in total. The molecule has 0 spiro atoms. The normalized spacial score (nSPS) is 21.0. The second kappa shape index (κ2) is 9.56. The molecule has 0 saturated carbocycles. The first-order valence-electron chi connectivity index (χ1n) is 9.16. The van der Waals surface area contributed by atoms with E-state index in [1.807, 2.05) is 4.90 Å². The molecule has 2 heterocycles. The molecule has 7 nitrogen and oxygen atoms in total. The zero-order valence-electron chi connectivity index (χ0n) is 15.8. The Hall–Kier alpha value is -2.47. The molecule has 0 radical (unpaired) electrons. The Balaban J connectivity index is 1.79. The Morgan fingerprint density at radius 3 is 2.40 bits per heavy atom. The van der Waals surface area contributed by atoms with Gasteiger partial charge in [-0.3, -0.25) is 9.69 Å². The second-order valence-electron chi connectivity index (χ2n) is 6.57. The molecular formula is C18H20F5N3O4. The fourth-order valence-electron chi connectivity index (χ4n) is 3.02. The van der Waals surface area contributed by atoms with Gasteiger partial charge in [-0.1, -0.05) is 0 Å². The van der Waals surface area contributed by atoms with E-state index in [1.54, 1.807) is 0 Å². The average Bonchev–Trinajstić information content (AvgIpc) is 2.71.